The summed E-state index contributed by atoms with van der Waals surface area (Å²) in [5.41, 5.74) is 0.295. The van der Waals surface area contributed by atoms with E-state index >= 15 is 0 Å². The summed E-state index contributed by atoms with van der Waals surface area (Å²) >= 11 is 0. The Bertz CT molecular complexity index is 509. The third kappa shape index (κ3) is 5.38. The van der Waals surface area contributed by atoms with Crippen LogP contribution in [0.5, 0.6) is 0 Å². The van der Waals surface area contributed by atoms with Gasteiger partial charge in [-0.15, -0.1) is 0 Å². The standard InChI is InChI=1S/C16H20FNO3/c1-4-5-10-21-16(20)14(11(2)3)18-15(19)12-6-8-13(17)9-7-12/h4-9,11,14H,10H2,1-3H3,(H,18,19)/b5-4+. The van der Waals surface area contributed by atoms with E-state index in [0.29, 0.717) is 5.56 Å². The fourth-order valence-corrected chi connectivity index (χ4v) is 1.64. The maximum atomic E-state index is 12.8. The molecule has 0 heterocycles. The summed E-state index contributed by atoms with van der Waals surface area (Å²) < 4.78 is 17.9. The molecule has 1 unspecified atom stereocenters. The molecule has 1 aromatic carbocycles. The Hall–Kier alpha value is -2.17. The second-order valence-corrected chi connectivity index (χ2v) is 4.90. The Morgan fingerprint density at radius 1 is 1.29 bits per heavy atom. The van der Waals surface area contributed by atoms with Gasteiger partial charge in [-0.05, 0) is 37.1 Å². The van der Waals surface area contributed by atoms with Crippen molar-refractivity contribution < 1.29 is 18.7 Å². The smallest absolute Gasteiger partial charge is 0.329 e. The Labute approximate surface area is 124 Å². The summed E-state index contributed by atoms with van der Waals surface area (Å²) in [6, 6.07) is 4.39. The number of carbonyl (C=O) groups excluding carboxylic acids is 2. The summed E-state index contributed by atoms with van der Waals surface area (Å²) in [6.45, 7) is 5.62. The summed E-state index contributed by atoms with van der Waals surface area (Å²) in [5.74, 6) is -1.46. The Morgan fingerprint density at radius 2 is 1.90 bits per heavy atom. The van der Waals surface area contributed by atoms with Gasteiger partial charge < -0.3 is 10.1 Å². The van der Waals surface area contributed by atoms with Gasteiger partial charge >= 0.3 is 5.97 Å². The zero-order chi connectivity index (χ0) is 15.8. The van der Waals surface area contributed by atoms with E-state index in [1.807, 2.05) is 20.8 Å². The van der Waals surface area contributed by atoms with Crippen molar-refractivity contribution in [3.63, 3.8) is 0 Å². The quantitative estimate of drug-likeness (QED) is 0.648. The minimum absolute atomic E-state index is 0.118. The van der Waals surface area contributed by atoms with Crippen molar-refractivity contribution in [2.75, 3.05) is 6.61 Å². The van der Waals surface area contributed by atoms with Gasteiger partial charge in [-0.25, -0.2) is 9.18 Å². The molecule has 0 saturated carbocycles. The summed E-state index contributed by atoms with van der Waals surface area (Å²) in [6.07, 6.45) is 3.48. The summed E-state index contributed by atoms with van der Waals surface area (Å²) in [7, 11) is 0. The number of halogens is 1. The Balaban J connectivity index is 2.71. The van der Waals surface area contributed by atoms with Gasteiger partial charge in [-0.1, -0.05) is 26.0 Å². The van der Waals surface area contributed by atoms with E-state index < -0.39 is 23.7 Å². The first kappa shape index (κ1) is 16.9. The van der Waals surface area contributed by atoms with E-state index in [0.717, 1.165) is 0 Å². The van der Waals surface area contributed by atoms with Gasteiger partial charge in [0.05, 0.1) is 0 Å². The maximum Gasteiger partial charge on any atom is 0.329 e. The van der Waals surface area contributed by atoms with Gasteiger partial charge in [0.2, 0.25) is 0 Å². The lowest BCUT2D eigenvalue weighted by Gasteiger charge is -2.20. The topological polar surface area (TPSA) is 55.4 Å². The van der Waals surface area contributed by atoms with Crippen LogP contribution < -0.4 is 5.32 Å². The number of carbonyl (C=O) groups is 2. The predicted octanol–water partition coefficient (Wildman–Crippen LogP) is 2.70. The highest BCUT2D eigenvalue weighted by Crippen LogP contribution is 2.08. The molecule has 1 aromatic rings. The second kappa shape index (κ2) is 8.19. The number of nitrogens with one attached hydrogen (secondary N) is 1. The van der Waals surface area contributed by atoms with Crippen molar-refractivity contribution in [1.82, 2.24) is 5.32 Å². The Morgan fingerprint density at radius 3 is 2.43 bits per heavy atom. The third-order valence-corrected chi connectivity index (χ3v) is 2.87. The largest absolute Gasteiger partial charge is 0.460 e. The maximum absolute atomic E-state index is 12.8. The number of ether oxygens (including phenoxy) is 1. The predicted molar refractivity (Wildman–Crippen MR) is 78.3 cm³/mol. The molecule has 0 radical (unpaired) electrons. The second-order valence-electron chi connectivity index (χ2n) is 4.90. The molecule has 1 N–H and O–H groups in total. The molecule has 5 heteroatoms. The van der Waals surface area contributed by atoms with Crippen LogP contribution >= 0.6 is 0 Å². The first-order valence-corrected chi connectivity index (χ1v) is 6.80. The zero-order valence-corrected chi connectivity index (χ0v) is 12.4. The van der Waals surface area contributed by atoms with Crippen molar-refractivity contribution in [2.45, 2.75) is 26.8 Å². The molecule has 0 spiro atoms. The van der Waals surface area contributed by atoms with E-state index in [4.69, 9.17) is 4.74 Å². The summed E-state index contributed by atoms with van der Waals surface area (Å²) in [5, 5.41) is 2.62. The fraction of sp³-hybridized carbons (Fsp3) is 0.375. The molecule has 21 heavy (non-hydrogen) atoms. The van der Waals surface area contributed by atoms with Crippen molar-refractivity contribution >= 4 is 11.9 Å². The summed E-state index contributed by atoms with van der Waals surface area (Å²) in [4.78, 5) is 24.0. The van der Waals surface area contributed by atoms with Gasteiger partial charge in [0.15, 0.2) is 0 Å². The van der Waals surface area contributed by atoms with Crippen LogP contribution in [0.2, 0.25) is 0 Å². The average Bonchev–Trinajstić information content (AvgIpc) is 2.45. The fourth-order valence-electron chi connectivity index (χ4n) is 1.64. The van der Waals surface area contributed by atoms with Crippen molar-refractivity contribution in [3.8, 4) is 0 Å². The van der Waals surface area contributed by atoms with Crippen molar-refractivity contribution in [2.24, 2.45) is 5.92 Å². The van der Waals surface area contributed by atoms with E-state index in [1.165, 1.54) is 24.3 Å². The number of amides is 1. The van der Waals surface area contributed by atoms with E-state index in [1.54, 1.807) is 12.2 Å². The van der Waals surface area contributed by atoms with Gasteiger partial charge in [-0.2, -0.15) is 0 Å². The van der Waals surface area contributed by atoms with Crippen LogP contribution in [0.15, 0.2) is 36.4 Å². The minimum Gasteiger partial charge on any atom is -0.460 e. The molecule has 0 aromatic heterocycles. The number of hydrogen-bond donors (Lipinski definition) is 1. The number of esters is 1. The molecular formula is C16H20FNO3. The highest BCUT2D eigenvalue weighted by Gasteiger charge is 2.25. The van der Waals surface area contributed by atoms with E-state index in [2.05, 4.69) is 5.32 Å². The molecule has 0 saturated heterocycles. The van der Waals surface area contributed by atoms with Crippen LogP contribution in [0.4, 0.5) is 4.39 Å². The highest BCUT2D eigenvalue weighted by atomic mass is 19.1. The lowest BCUT2D eigenvalue weighted by molar-refractivity contribution is -0.145. The molecule has 0 bridgehead atoms. The lowest BCUT2D eigenvalue weighted by Crippen LogP contribution is -2.45. The zero-order valence-electron chi connectivity index (χ0n) is 12.4. The SMILES string of the molecule is C/C=C/COC(=O)C(NC(=O)c1ccc(F)cc1)C(C)C. The molecule has 1 atom stereocenters. The molecule has 114 valence electrons. The van der Waals surface area contributed by atoms with Gasteiger partial charge in [0.1, 0.15) is 18.5 Å². The first-order chi connectivity index (χ1) is 9.95. The molecule has 0 aliphatic carbocycles. The number of allylic oxidation sites excluding steroid dienone is 1. The Kier molecular flexibility index (Phi) is 6.59. The van der Waals surface area contributed by atoms with Crippen LogP contribution in [0.25, 0.3) is 0 Å². The molecule has 0 aliphatic rings. The van der Waals surface area contributed by atoms with Crippen LogP contribution in [0, 0.1) is 11.7 Å². The van der Waals surface area contributed by atoms with Crippen LogP contribution in [0.1, 0.15) is 31.1 Å². The first-order valence-electron chi connectivity index (χ1n) is 6.80. The average molecular weight is 293 g/mol. The van der Waals surface area contributed by atoms with Crippen LogP contribution in [-0.2, 0) is 9.53 Å². The number of rotatable bonds is 6. The van der Waals surface area contributed by atoms with Crippen molar-refractivity contribution in [3.05, 3.63) is 47.8 Å². The molecule has 0 fully saturated rings. The van der Waals surface area contributed by atoms with Gasteiger partial charge in [-0.3, -0.25) is 4.79 Å². The van der Waals surface area contributed by atoms with Crippen molar-refractivity contribution in [1.29, 1.82) is 0 Å². The molecule has 1 amide bonds. The number of hydrogen-bond acceptors (Lipinski definition) is 3. The lowest BCUT2D eigenvalue weighted by atomic mass is 10.0. The van der Waals surface area contributed by atoms with Gasteiger partial charge in [0, 0.05) is 5.56 Å². The molecule has 1 rings (SSSR count). The number of benzene rings is 1. The minimum atomic E-state index is -0.743. The van der Waals surface area contributed by atoms with E-state index in [9.17, 15) is 14.0 Å². The third-order valence-electron chi connectivity index (χ3n) is 2.87. The molecule has 4 nitrogen and oxygen atoms in total. The molecular weight excluding hydrogens is 273 g/mol. The normalized spacial score (nSPS) is 12.4. The highest BCUT2D eigenvalue weighted by molar-refractivity contribution is 5.96. The van der Waals surface area contributed by atoms with Gasteiger partial charge in [0.25, 0.3) is 5.91 Å². The van der Waals surface area contributed by atoms with Crippen LogP contribution in [0.3, 0.4) is 0 Å². The van der Waals surface area contributed by atoms with E-state index in [-0.39, 0.29) is 12.5 Å². The van der Waals surface area contributed by atoms with Crippen LogP contribution in [-0.4, -0.2) is 24.5 Å². The molecule has 0 aliphatic heterocycles. The monoisotopic (exact) mass is 293 g/mol.